The van der Waals surface area contributed by atoms with Crippen molar-refractivity contribution in [2.45, 2.75) is 11.8 Å². The highest BCUT2D eigenvalue weighted by Crippen LogP contribution is 2.31. The van der Waals surface area contributed by atoms with Gasteiger partial charge in [0, 0.05) is 10.4 Å². The number of thiophene rings is 1. The van der Waals surface area contributed by atoms with E-state index in [4.69, 9.17) is 0 Å². The van der Waals surface area contributed by atoms with E-state index >= 15 is 0 Å². The van der Waals surface area contributed by atoms with Crippen LogP contribution in [0.5, 0.6) is 0 Å². The topological polar surface area (TPSA) is 17.1 Å². The number of rotatable bonds is 3. The van der Waals surface area contributed by atoms with Crippen molar-refractivity contribution in [1.82, 2.24) is 0 Å². The minimum absolute atomic E-state index is 0.119. The molecular formula is C13H10BrFOS. The van der Waals surface area contributed by atoms with Crippen LogP contribution in [0.25, 0.3) is 0 Å². The number of hydrogen-bond donors (Lipinski definition) is 0. The Morgan fingerprint density at radius 1 is 1.41 bits per heavy atom. The van der Waals surface area contributed by atoms with E-state index in [0.717, 1.165) is 10.4 Å². The van der Waals surface area contributed by atoms with Crippen LogP contribution in [0, 0.1) is 12.7 Å². The van der Waals surface area contributed by atoms with E-state index in [0.29, 0.717) is 5.56 Å². The minimum atomic E-state index is -0.400. The molecule has 1 heterocycles. The number of ketones is 1. The van der Waals surface area contributed by atoms with Crippen LogP contribution in [0.15, 0.2) is 35.7 Å². The van der Waals surface area contributed by atoms with Crippen molar-refractivity contribution < 1.29 is 9.18 Å². The van der Waals surface area contributed by atoms with Gasteiger partial charge in [-0.2, -0.15) is 0 Å². The van der Waals surface area contributed by atoms with Crippen molar-refractivity contribution in [3.8, 4) is 0 Å². The standard InChI is InChI=1S/C13H10BrFOS/c1-8-5-11(17-7-8)12(14)13(16)9-3-2-4-10(15)6-9/h2-7,12H,1H3. The first kappa shape index (κ1) is 12.5. The molecule has 0 spiro atoms. The third-order valence-corrected chi connectivity index (χ3v) is 4.67. The van der Waals surface area contributed by atoms with E-state index < -0.39 is 10.6 Å². The van der Waals surface area contributed by atoms with E-state index in [1.54, 1.807) is 12.1 Å². The normalized spacial score (nSPS) is 12.4. The van der Waals surface area contributed by atoms with Crippen molar-refractivity contribution in [1.29, 1.82) is 0 Å². The lowest BCUT2D eigenvalue weighted by atomic mass is 10.1. The van der Waals surface area contributed by atoms with Crippen molar-refractivity contribution >= 4 is 33.0 Å². The second-order valence-corrected chi connectivity index (χ2v) is 5.62. The lowest BCUT2D eigenvalue weighted by Gasteiger charge is -2.06. The van der Waals surface area contributed by atoms with Gasteiger partial charge in [-0.05, 0) is 36.1 Å². The smallest absolute Gasteiger partial charge is 0.181 e. The van der Waals surface area contributed by atoms with Gasteiger partial charge in [-0.1, -0.05) is 28.1 Å². The zero-order valence-corrected chi connectivity index (χ0v) is 11.5. The average molecular weight is 313 g/mol. The first-order valence-corrected chi connectivity index (χ1v) is 6.86. The van der Waals surface area contributed by atoms with E-state index in [-0.39, 0.29) is 5.78 Å². The molecule has 0 fully saturated rings. The zero-order valence-electron chi connectivity index (χ0n) is 9.11. The van der Waals surface area contributed by atoms with Gasteiger partial charge < -0.3 is 0 Å². The molecule has 1 aromatic heterocycles. The monoisotopic (exact) mass is 312 g/mol. The quantitative estimate of drug-likeness (QED) is 0.602. The summed E-state index contributed by atoms with van der Waals surface area (Å²) in [5, 5.41) is 1.99. The highest BCUT2D eigenvalue weighted by molar-refractivity contribution is 9.09. The van der Waals surface area contributed by atoms with E-state index in [2.05, 4.69) is 15.9 Å². The summed E-state index contributed by atoms with van der Waals surface area (Å²) in [6.07, 6.45) is 0. The molecule has 2 rings (SSSR count). The van der Waals surface area contributed by atoms with Gasteiger partial charge in [0.25, 0.3) is 0 Å². The zero-order chi connectivity index (χ0) is 12.4. The van der Waals surface area contributed by atoms with Gasteiger partial charge in [0.1, 0.15) is 10.6 Å². The van der Waals surface area contributed by atoms with Gasteiger partial charge in [-0.15, -0.1) is 11.3 Å². The molecule has 1 atom stereocenters. The summed E-state index contributed by atoms with van der Waals surface area (Å²) in [5.41, 5.74) is 1.51. The summed E-state index contributed by atoms with van der Waals surface area (Å²) >= 11 is 4.89. The molecule has 88 valence electrons. The lowest BCUT2D eigenvalue weighted by molar-refractivity contribution is 0.0992. The lowest BCUT2D eigenvalue weighted by Crippen LogP contribution is -2.06. The summed E-state index contributed by atoms with van der Waals surface area (Å²) in [6, 6.07) is 7.72. The Kier molecular flexibility index (Phi) is 3.74. The van der Waals surface area contributed by atoms with Crippen molar-refractivity contribution in [3.05, 3.63) is 57.5 Å². The maximum absolute atomic E-state index is 13.0. The van der Waals surface area contributed by atoms with Crippen LogP contribution in [-0.4, -0.2) is 5.78 Å². The molecule has 0 aliphatic heterocycles. The second-order valence-electron chi connectivity index (χ2n) is 3.76. The molecular weight excluding hydrogens is 303 g/mol. The van der Waals surface area contributed by atoms with Crippen LogP contribution in [0.4, 0.5) is 4.39 Å². The van der Waals surface area contributed by atoms with Crippen LogP contribution < -0.4 is 0 Å². The SMILES string of the molecule is Cc1csc(C(Br)C(=O)c2cccc(F)c2)c1. The molecule has 0 radical (unpaired) electrons. The molecule has 0 aliphatic carbocycles. The number of alkyl halides is 1. The summed E-state index contributed by atoms with van der Waals surface area (Å²) in [6.45, 7) is 1.98. The molecule has 0 saturated heterocycles. The third kappa shape index (κ3) is 2.82. The highest BCUT2D eigenvalue weighted by Gasteiger charge is 2.20. The predicted octanol–water partition coefficient (Wildman–Crippen LogP) is 4.51. The third-order valence-electron chi connectivity index (χ3n) is 2.34. The fraction of sp³-hybridized carbons (Fsp3) is 0.154. The van der Waals surface area contributed by atoms with Crippen molar-refractivity contribution in [3.63, 3.8) is 0 Å². The Hall–Kier alpha value is -1.00. The molecule has 0 N–H and O–H groups in total. The van der Waals surface area contributed by atoms with Gasteiger partial charge in [-0.25, -0.2) is 4.39 Å². The Morgan fingerprint density at radius 3 is 2.76 bits per heavy atom. The number of benzene rings is 1. The van der Waals surface area contributed by atoms with Gasteiger partial charge >= 0.3 is 0 Å². The molecule has 0 saturated carbocycles. The first-order valence-electron chi connectivity index (χ1n) is 5.07. The molecule has 0 amide bonds. The van der Waals surface area contributed by atoms with Crippen LogP contribution in [-0.2, 0) is 0 Å². The molecule has 0 bridgehead atoms. The molecule has 2 aromatic rings. The number of carbonyl (C=O) groups is 1. The van der Waals surface area contributed by atoms with Crippen LogP contribution in [0.1, 0.15) is 25.6 Å². The molecule has 0 aliphatic rings. The number of Topliss-reactive ketones (excluding diaryl/α,β-unsaturated/α-hetero) is 1. The Balaban J connectivity index is 2.26. The second kappa shape index (κ2) is 5.10. The summed E-state index contributed by atoms with van der Waals surface area (Å²) in [4.78, 5) is 12.6. The van der Waals surface area contributed by atoms with Crippen molar-refractivity contribution in [2.75, 3.05) is 0 Å². The summed E-state index contributed by atoms with van der Waals surface area (Å²) in [5.74, 6) is -0.510. The number of halogens is 2. The number of hydrogen-bond acceptors (Lipinski definition) is 2. The Morgan fingerprint density at radius 2 is 2.18 bits per heavy atom. The first-order chi connectivity index (χ1) is 8.08. The van der Waals surface area contributed by atoms with Gasteiger partial charge in [0.15, 0.2) is 5.78 Å². The van der Waals surface area contributed by atoms with Gasteiger partial charge in [-0.3, -0.25) is 4.79 Å². The molecule has 1 aromatic carbocycles. The largest absolute Gasteiger partial charge is 0.292 e. The molecule has 17 heavy (non-hydrogen) atoms. The predicted molar refractivity (Wildman–Crippen MR) is 71.5 cm³/mol. The Bertz CT molecular complexity index is 550. The molecule has 1 unspecified atom stereocenters. The number of carbonyl (C=O) groups excluding carboxylic acids is 1. The molecule has 4 heteroatoms. The maximum Gasteiger partial charge on any atom is 0.181 e. The van der Waals surface area contributed by atoms with Gasteiger partial charge in [0.05, 0.1) is 0 Å². The highest BCUT2D eigenvalue weighted by atomic mass is 79.9. The number of aryl methyl sites for hydroxylation is 1. The Labute approximate surface area is 111 Å². The van der Waals surface area contributed by atoms with Crippen LogP contribution in [0.2, 0.25) is 0 Å². The van der Waals surface area contributed by atoms with Crippen molar-refractivity contribution in [2.24, 2.45) is 0 Å². The van der Waals surface area contributed by atoms with E-state index in [1.165, 1.54) is 23.5 Å². The fourth-order valence-corrected chi connectivity index (χ4v) is 3.09. The molecule has 1 nitrogen and oxygen atoms in total. The van der Waals surface area contributed by atoms with E-state index in [9.17, 15) is 9.18 Å². The van der Waals surface area contributed by atoms with E-state index in [1.807, 2.05) is 18.4 Å². The maximum atomic E-state index is 13.0. The summed E-state index contributed by atoms with van der Waals surface area (Å²) < 4.78 is 13.0. The van der Waals surface area contributed by atoms with Crippen LogP contribution >= 0.6 is 27.3 Å². The average Bonchev–Trinajstić information content (AvgIpc) is 2.74. The minimum Gasteiger partial charge on any atom is -0.292 e. The fourth-order valence-electron chi connectivity index (χ4n) is 1.50. The van der Waals surface area contributed by atoms with Gasteiger partial charge in [0.2, 0.25) is 0 Å². The summed E-state index contributed by atoms with van der Waals surface area (Å²) in [7, 11) is 0. The van der Waals surface area contributed by atoms with Crippen LogP contribution in [0.3, 0.4) is 0 Å².